The summed E-state index contributed by atoms with van der Waals surface area (Å²) in [5.41, 5.74) is 0.0849. The molecule has 1 unspecified atom stereocenters. The zero-order chi connectivity index (χ0) is 17.9. The maximum absolute atomic E-state index is 12.2. The number of ether oxygens (including phenoxy) is 1. The molecular formula is C18H27N3O3. The Morgan fingerprint density at radius 1 is 1.38 bits per heavy atom. The van der Waals surface area contributed by atoms with Crippen LogP contribution in [0.4, 0.5) is 5.82 Å². The largest absolute Gasteiger partial charge is 0.381 e. The molecule has 0 aliphatic carbocycles. The Morgan fingerprint density at radius 2 is 2.12 bits per heavy atom. The highest BCUT2D eigenvalue weighted by Gasteiger charge is 2.13. The van der Waals surface area contributed by atoms with Gasteiger partial charge >= 0.3 is 0 Å². The van der Waals surface area contributed by atoms with Crippen LogP contribution in [0.1, 0.15) is 57.1 Å². The van der Waals surface area contributed by atoms with Crippen molar-refractivity contribution in [2.75, 3.05) is 13.2 Å². The van der Waals surface area contributed by atoms with Crippen molar-refractivity contribution in [1.82, 2.24) is 4.57 Å². The summed E-state index contributed by atoms with van der Waals surface area (Å²) in [5.74, 6) is 0.635. The molecule has 132 valence electrons. The summed E-state index contributed by atoms with van der Waals surface area (Å²) < 4.78 is 6.97. The summed E-state index contributed by atoms with van der Waals surface area (Å²) in [4.78, 5) is 23.2. The molecule has 6 nitrogen and oxygen atoms in total. The fraction of sp³-hybridized carbons (Fsp3) is 0.667. The zero-order valence-corrected chi connectivity index (χ0v) is 14.9. The molecule has 0 N–H and O–H groups in total. The van der Waals surface area contributed by atoms with Gasteiger partial charge in [-0.05, 0) is 42.5 Å². The molecule has 6 heteroatoms. The Hall–Kier alpha value is -2.00. The van der Waals surface area contributed by atoms with E-state index in [0.717, 1.165) is 13.0 Å². The van der Waals surface area contributed by atoms with E-state index < -0.39 is 5.56 Å². The molecule has 0 bridgehead atoms. The van der Waals surface area contributed by atoms with Crippen molar-refractivity contribution >= 4 is 5.82 Å². The van der Waals surface area contributed by atoms with Crippen LogP contribution in [0, 0.1) is 29.1 Å². The fourth-order valence-corrected chi connectivity index (χ4v) is 2.65. The number of unbranched alkanes of at least 4 members (excludes halogenated alkanes) is 1. The van der Waals surface area contributed by atoms with Crippen LogP contribution in [-0.2, 0) is 11.3 Å². The van der Waals surface area contributed by atoms with Crippen molar-refractivity contribution in [3.05, 3.63) is 32.5 Å². The van der Waals surface area contributed by atoms with E-state index in [2.05, 4.69) is 19.0 Å². The molecule has 0 spiro atoms. The molecule has 0 amide bonds. The van der Waals surface area contributed by atoms with Gasteiger partial charge in [0.25, 0.3) is 5.56 Å². The van der Waals surface area contributed by atoms with Gasteiger partial charge in [0.05, 0.1) is 0 Å². The van der Waals surface area contributed by atoms with Gasteiger partial charge in [-0.3, -0.25) is 9.36 Å². The summed E-state index contributed by atoms with van der Waals surface area (Å²) in [7, 11) is 0. The smallest absolute Gasteiger partial charge is 0.270 e. The van der Waals surface area contributed by atoms with E-state index in [9.17, 15) is 9.70 Å². The minimum absolute atomic E-state index is 0.0610. The highest BCUT2D eigenvalue weighted by Crippen LogP contribution is 2.15. The minimum atomic E-state index is -0.457. The van der Waals surface area contributed by atoms with E-state index in [1.165, 1.54) is 29.9 Å². The molecule has 1 atom stereocenters. The number of hydrogen-bond donors (Lipinski definition) is 0. The van der Waals surface area contributed by atoms with Gasteiger partial charge in [0.15, 0.2) is 5.82 Å². The highest BCUT2D eigenvalue weighted by atomic mass is 16.5. The van der Waals surface area contributed by atoms with Crippen LogP contribution >= 0.6 is 0 Å². The second kappa shape index (κ2) is 10.7. The number of hydrogen-bond acceptors (Lipinski definition) is 5. The molecule has 0 fully saturated rings. The van der Waals surface area contributed by atoms with E-state index in [-0.39, 0.29) is 11.4 Å². The normalized spacial score (nSPS) is 11.9. The number of nitrogens with zero attached hydrogens (tertiary/aromatic N) is 3. The van der Waals surface area contributed by atoms with Crippen molar-refractivity contribution in [2.24, 2.45) is 11.1 Å². The lowest BCUT2D eigenvalue weighted by Crippen LogP contribution is -2.24. The van der Waals surface area contributed by atoms with Gasteiger partial charge in [-0.15, -0.1) is 4.91 Å². The highest BCUT2D eigenvalue weighted by molar-refractivity contribution is 5.43. The van der Waals surface area contributed by atoms with E-state index in [0.29, 0.717) is 31.1 Å². The molecule has 0 aliphatic heterocycles. The summed E-state index contributed by atoms with van der Waals surface area (Å²) in [6, 6.07) is 3.37. The van der Waals surface area contributed by atoms with Crippen LogP contribution in [0.15, 0.2) is 16.0 Å². The molecule has 1 rings (SSSR count). The lowest BCUT2D eigenvalue weighted by Gasteiger charge is -2.15. The standard InChI is InChI=1S/C18H27N3O3/c1-4-6-8-15(5-2)13-24-10-7-9-21-17(20-23)11-14(3)16(12-19)18(21)22/h11,15H,4-10,13H2,1-3H3. The number of aryl methyl sites for hydroxylation is 1. The molecular weight excluding hydrogens is 306 g/mol. The molecule has 0 aliphatic rings. The average molecular weight is 333 g/mol. The SMILES string of the molecule is CCCCC(CC)COCCCn1c(N=O)cc(C)c(C#N)c1=O. The third-order valence-corrected chi connectivity index (χ3v) is 4.25. The lowest BCUT2D eigenvalue weighted by molar-refractivity contribution is 0.0899. The summed E-state index contributed by atoms with van der Waals surface area (Å²) >= 11 is 0. The van der Waals surface area contributed by atoms with Gasteiger partial charge in [-0.1, -0.05) is 33.1 Å². The Balaban J connectivity index is 2.58. The first kappa shape index (κ1) is 20.0. The van der Waals surface area contributed by atoms with Crippen molar-refractivity contribution in [3.63, 3.8) is 0 Å². The van der Waals surface area contributed by atoms with Crippen molar-refractivity contribution in [3.8, 4) is 6.07 Å². The van der Waals surface area contributed by atoms with Crippen LogP contribution < -0.4 is 5.56 Å². The molecule has 1 aromatic heterocycles. The van der Waals surface area contributed by atoms with E-state index >= 15 is 0 Å². The van der Waals surface area contributed by atoms with E-state index in [1.807, 2.05) is 6.07 Å². The van der Waals surface area contributed by atoms with E-state index in [1.54, 1.807) is 6.92 Å². The summed E-state index contributed by atoms with van der Waals surface area (Å²) in [6.07, 6.45) is 5.28. The molecule has 0 aromatic carbocycles. The average Bonchev–Trinajstić information content (AvgIpc) is 2.58. The number of pyridine rings is 1. The number of aromatic nitrogens is 1. The van der Waals surface area contributed by atoms with Gasteiger partial charge in [0.2, 0.25) is 0 Å². The third kappa shape index (κ3) is 5.57. The van der Waals surface area contributed by atoms with Crippen molar-refractivity contribution in [2.45, 2.75) is 59.4 Å². The molecule has 1 aromatic rings. The van der Waals surface area contributed by atoms with Gasteiger partial charge in [0, 0.05) is 19.8 Å². The maximum atomic E-state index is 12.2. The quantitative estimate of drug-likeness (QED) is 0.451. The Bertz CT molecular complexity index is 632. The van der Waals surface area contributed by atoms with Crippen LogP contribution in [0.25, 0.3) is 0 Å². The first-order chi connectivity index (χ1) is 11.6. The summed E-state index contributed by atoms with van der Waals surface area (Å²) in [5, 5.41) is 12.0. The molecule has 24 heavy (non-hydrogen) atoms. The number of nitriles is 1. The Labute approximate surface area is 143 Å². The zero-order valence-electron chi connectivity index (χ0n) is 14.9. The Kier molecular flexibility index (Phi) is 8.95. The van der Waals surface area contributed by atoms with Crippen LogP contribution in [0.3, 0.4) is 0 Å². The first-order valence-corrected chi connectivity index (χ1v) is 8.64. The van der Waals surface area contributed by atoms with Gasteiger partial charge in [-0.25, -0.2) is 0 Å². The predicted molar refractivity (Wildman–Crippen MR) is 94.4 cm³/mol. The first-order valence-electron chi connectivity index (χ1n) is 8.64. The van der Waals surface area contributed by atoms with Gasteiger partial charge in [0.1, 0.15) is 11.6 Å². The van der Waals surface area contributed by atoms with Crippen molar-refractivity contribution in [1.29, 1.82) is 5.26 Å². The molecule has 0 radical (unpaired) electrons. The van der Waals surface area contributed by atoms with Gasteiger partial charge in [-0.2, -0.15) is 5.26 Å². The lowest BCUT2D eigenvalue weighted by atomic mass is 10.0. The topological polar surface area (TPSA) is 84.4 Å². The van der Waals surface area contributed by atoms with Crippen molar-refractivity contribution < 1.29 is 4.74 Å². The molecule has 0 saturated heterocycles. The van der Waals surface area contributed by atoms with Crippen LogP contribution in [-0.4, -0.2) is 17.8 Å². The monoisotopic (exact) mass is 333 g/mol. The number of nitroso groups, excluding NO2 is 1. The molecule has 1 heterocycles. The van der Waals surface area contributed by atoms with Crippen LogP contribution in [0.5, 0.6) is 0 Å². The van der Waals surface area contributed by atoms with Crippen LogP contribution in [0.2, 0.25) is 0 Å². The third-order valence-electron chi connectivity index (χ3n) is 4.25. The van der Waals surface area contributed by atoms with Gasteiger partial charge < -0.3 is 4.74 Å². The Morgan fingerprint density at radius 3 is 2.71 bits per heavy atom. The number of rotatable bonds is 11. The minimum Gasteiger partial charge on any atom is -0.381 e. The molecule has 0 saturated carbocycles. The van der Waals surface area contributed by atoms with E-state index in [4.69, 9.17) is 10.00 Å². The second-order valence-corrected chi connectivity index (χ2v) is 6.07. The maximum Gasteiger partial charge on any atom is 0.270 e. The summed E-state index contributed by atoms with van der Waals surface area (Å²) in [6.45, 7) is 7.54. The second-order valence-electron chi connectivity index (χ2n) is 6.07. The fourth-order valence-electron chi connectivity index (χ4n) is 2.65. The predicted octanol–water partition coefficient (Wildman–Crippen LogP) is 4.05.